The first kappa shape index (κ1) is 9.63. The standard InChI is InChI=1S/C7H11ClO2/c1-4-7(8,5(2)9)6(3)10/h4H2,1-3H3. The van der Waals surface area contributed by atoms with Crippen LogP contribution in [0.15, 0.2) is 0 Å². The van der Waals surface area contributed by atoms with E-state index in [4.69, 9.17) is 11.6 Å². The van der Waals surface area contributed by atoms with Crippen LogP contribution in [0.25, 0.3) is 0 Å². The average molecular weight is 163 g/mol. The van der Waals surface area contributed by atoms with Crippen molar-refractivity contribution in [2.24, 2.45) is 0 Å². The predicted molar refractivity (Wildman–Crippen MR) is 40.2 cm³/mol. The van der Waals surface area contributed by atoms with E-state index in [1.807, 2.05) is 0 Å². The largest absolute Gasteiger partial charge is 0.298 e. The molecular formula is C7H11ClO2. The molecule has 0 heterocycles. The molecule has 0 aromatic heterocycles. The van der Waals surface area contributed by atoms with E-state index in [0.29, 0.717) is 6.42 Å². The SMILES string of the molecule is CCC(Cl)(C(C)=O)C(C)=O. The van der Waals surface area contributed by atoms with Gasteiger partial charge in [-0.3, -0.25) is 9.59 Å². The lowest BCUT2D eigenvalue weighted by molar-refractivity contribution is -0.128. The zero-order chi connectivity index (χ0) is 8.36. The molecule has 0 saturated carbocycles. The monoisotopic (exact) mass is 162 g/mol. The number of halogens is 1. The Kier molecular flexibility index (Phi) is 3.03. The highest BCUT2D eigenvalue weighted by molar-refractivity contribution is 6.46. The Balaban J connectivity index is 4.55. The van der Waals surface area contributed by atoms with Gasteiger partial charge in [0.2, 0.25) is 0 Å². The number of carbonyl (C=O) groups is 2. The number of ketones is 2. The summed E-state index contributed by atoms with van der Waals surface area (Å²) in [4.78, 5) is 20.3. The summed E-state index contributed by atoms with van der Waals surface area (Å²) in [6.45, 7) is 4.38. The molecule has 0 radical (unpaired) electrons. The number of Topliss-reactive ketones (excluding diaryl/α,β-unsaturated/α-hetero) is 2. The number of rotatable bonds is 3. The van der Waals surface area contributed by atoms with E-state index in [2.05, 4.69) is 0 Å². The normalized spacial score (nSPS) is 11.2. The summed E-state index contributed by atoms with van der Waals surface area (Å²) in [7, 11) is 0. The van der Waals surface area contributed by atoms with E-state index in [1.54, 1.807) is 6.92 Å². The zero-order valence-electron chi connectivity index (χ0n) is 6.40. The molecule has 0 aromatic rings. The third-order valence-corrected chi connectivity index (χ3v) is 2.40. The highest BCUT2D eigenvalue weighted by Gasteiger charge is 2.35. The molecule has 3 heteroatoms. The molecule has 0 unspecified atom stereocenters. The fraction of sp³-hybridized carbons (Fsp3) is 0.714. The van der Waals surface area contributed by atoms with Gasteiger partial charge in [0.1, 0.15) is 0 Å². The third kappa shape index (κ3) is 1.57. The molecule has 0 N–H and O–H groups in total. The van der Waals surface area contributed by atoms with Crippen LogP contribution in [-0.2, 0) is 9.59 Å². The topological polar surface area (TPSA) is 34.1 Å². The minimum absolute atomic E-state index is 0.274. The smallest absolute Gasteiger partial charge is 0.160 e. The summed E-state index contributed by atoms with van der Waals surface area (Å²) >= 11 is 5.69. The van der Waals surface area contributed by atoms with Crippen LogP contribution in [0.3, 0.4) is 0 Å². The zero-order valence-corrected chi connectivity index (χ0v) is 7.16. The lowest BCUT2D eigenvalue weighted by Gasteiger charge is -2.17. The minimum atomic E-state index is -1.26. The molecular weight excluding hydrogens is 152 g/mol. The average Bonchev–Trinajstić information content (AvgIpc) is 1.85. The Hall–Kier alpha value is -0.370. The molecule has 2 nitrogen and oxygen atoms in total. The second kappa shape index (κ2) is 3.15. The highest BCUT2D eigenvalue weighted by atomic mass is 35.5. The van der Waals surface area contributed by atoms with E-state index in [0.717, 1.165) is 0 Å². The van der Waals surface area contributed by atoms with E-state index < -0.39 is 4.87 Å². The lowest BCUT2D eigenvalue weighted by atomic mass is 9.97. The fourth-order valence-electron chi connectivity index (χ4n) is 0.746. The molecule has 0 bridgehead atoms. The van der Waals surface area contributed by atoms with Crippen molar-refractivity contribution in [2.45, 2.75) is 32.1 Å². The fourth-order valence-corrected chi connectivity index (χ4v) is 0.746. The molecule has 0 rings (SSSR count). The molecule has 0 aliphatic heterocycles. The predicted octanol–water partition coefficient (Wildman–Crippen LogP) is 1.55. The number of alkyl halides is 1. The van der Waals surface area contributed by atoms with Crippen LogP contribution in [-0.4, -0.2) is 16.4 Å². The molecule has 0 aliphatic carbocycles. The van der Waals surface area contributed by atoms with E-state index in [9.17, 15) is 9.59 Å². The quantitative estimate of drug-likeness (QED) is 0.466. The van der Waals surface area contributed by atoms with Gasteiger partial charge in [-0.1, -0.05) is 6.92 Å². The minimum Gasteiger partial charge on any atom is -0.298 e. The summed E-state index contributed by atoms with van der Waals surface area (Å²) in [6, 6.07) is 0. The maximum Gasteiger partial charge on any atom is 0.160 e. The Morgan fingerprint density at radius 3 is 1.60 bits per heavy atom. The Labute approximate surface area is 65.6 Å². The number of hydrogen-bond donors (Lipinski definition) is 0. The van der Waals surface area contributed by atoms with Gasteiger partial charge in [-0.25, -0.2) is 0 Å². The summed E-state index contributed by atoms with van der Waals surface area (Å²) in [6.07, 6.45) is 0.360. The van der Waals surface area contributed by atoms with Crippen LogP contribution >= 0.6 is 11.6 Å². The van der Waals surface area contributed by atoms with Crippen LogP contribution in [0, 0.1) is 0 Å². The van der Waals surface area contributed by atoms with Gasteiger partial charge in [-0.2, -0.15) is 0 Å². The van der Waals surface area contributed by atoms with Crippen LogP contribution in [0.5, 0.6) is 0 Å². The molecule has 0 aliphatic rings. The van der Waals surface area contributed by atoms with Crippen molar-refractivity contribution in [1.82, 2.24) is 0 Å². The van der Waals surface area contributed by atoms with Crippen molar-refractivity contribution in [3.8, 4) is 0 Å². The van der Waals surface area contributed by atoms with E-state index in [1.165, 1.54) is 13.8 Å². The van der Waals surface area contributed by atoms with Crippen LogP contribution in [0.1, 0.15) is 27.2 Å². The van der Waals surface area contributed by atoms with Gasteiger partial charge in [0, 0.05) is 0 Å². The Morgan fingerprint density at radius 2 is 1.60 bits per heavy atom. The Morgan fingerprint density at radius 1 is 1.30 bits per heavy atom. The van der Waals surface area contributed by atoms with Gasteiger partial charge < -0.3 is 0 Å². The molecule has 0 spiro atoms. The van der Waals surface area contributed by atoms with Gasteiger partial charge in [-0.15, -0.1) is 11.6 Å². The molecule has 0 amide bonds. The van der Waals surface area contributed by atoms with Crippen LogP contribution in [0.2, 0.25) is 0 Å². The lowest BCUT2D eigenvalue weighted by Crippen LogP contribution is -2.37. The van der Waals surface area contributed by atoms with Crippen molar-refractivity contribution >= 4 is 23.2 Å². The Bertz CT molecular complexity index is 149. The van der Waals surface area contributed by atoms with E-state index >= 15 is 0 Å². The second-order valence-electron chi connectivity index (χ2n) is 2.27. The van der Waals surface area contributed by atoms with Crippen molar-refractivity contribution in [3.63, 3.8) is 0 Å². The summed E-state index contributed by atoms with van der Waals surface area (Å²) in [5, 5.41) is 0. The summed E-state index contributed by atoms with van der Waals surface area (Å²) in [5.41, 5.74) is 0. The van der Waals surface area contributed by atoms with E-state index in [-0.39, 0.29) is 11.6 Å². The van der Waals surface area contributed by atoms with Gasteiger partial charge in [-0.05, 0) is 20.3 Å². The summed E-state index contributed by atoms with van der Waals surface area (Å²) < 4.78 is 0. The van der Waals surface area contributed by atoms with Crippen LogP contribution in [0.4, 0.5) is 0 Å². The molecule has 58 valence electrons. The molecule has 0 atom stereocenters. The molecule has 10 heavy (non-hydrogen) atoms. The van der Waals surface area contributed by atoms with Crippen LogP contribution < -0.4 is 0 Å². The number of hydrogen-bond acceptors (Lipinski definition) is 2. The maximum atomic E-state index is 10.8. The van der Waals surface area contributed by atoms with Gasteiger partial charge in [0.15, 0.2) is 16.4 Å². The van der Waals surface area contributed by atoms with Crippen molar-refractivity contribution < 1.29 is 9.59 Å². The first-order valence-electron chi connectivity index (χ1n) is 3.16. The first-order chi connectivity index (χ1) is 4.45. The molecule has 0 aromatic carbocycles. The molecule has 0 saturated heterocycles. The number of carbonyl (C=O) groups excluding carboxylic acids is 2. The van der Waals surface area contributed by atoms with Gasteiger partial charge >= 0.3 is 0 Å². The van der Waals surface area contributed by atoms with Gasteiger partial charge in [0.05, 0.1) is 0 Å². The third-order valence-electron chi connectivity index (χ3n) is 1.60. The second-order valence-corrected chi connectivity index (χ2v) is 2.91. The van der Waals surface area contributed by atoms with Crippen molar-refractivity contribution in [3.05, 3.63) is 0 Å². The molecule has 0 fully saturated rings. The first-order valence-corrected chi connectivity index (χ1v) is 3.54. The van der Waals surface area contributed by atoms with Gasteiger partial charge in [0.25, 0.3) is 0 Å². The highest BCUT2D eigenvalue weighted by Crippen LogP contribution is 2.21. The van der Waals surface area contributed by atoms with Crippen molar-refractivity contribution in [2.75, 3.05) is 0 Å². The summed E-state index contributed by atoms with van der Waals surface area (Å²) in [5.74, 6) is -0.548. The maximum absolute atomic E-state index is 10.8. The van der Waals surface area contributed by atoms with Crippen molar-refractivity contribution in [1.29, 1.82) is 0 Å².